The van der Waals surface area contributed by atoms with Gasteiger partial charge in [-0.1, -0.05) is 12.1 Å². The van der Waals surface area contributed by atoms with Crippen LogP contribution in [-0.2, 0) is 16.6 Å². The number of rotatable bonds is 3. The van der Waals surface area contributed by atoms with Crippen molar-refractivity contribution >= 4 is 17.9 Å². The fourth-order valence-electron chi connectivity index (χ4n) is 3.78. The van der Waals surface area contributed by atoms with E-state index in [9.17, 15) is 9.59 Å². The lowest BCUT2D eigenvalue weighted by atomic mass is 10.1. The monoisotopic (exact) mass is 410 g/mol. The maximum absolute atomic E-state index is 12.8. The first-order valence-electron chi connectivity index (χ1n) is 10.1. The van der Waals surface area contributed by atoms with Gasteiger partial charge in [0.25, 0.3) is 5.91 Å². The van der Waals surface area contributed by atoms with Crippen LogP contribution < -0.4 is 9.47 Å². The number of nitrogens with zero attached hydrogens (tertiary/aromatic N) is 4. The molecule has 8 heteroatoms. The maximum atomic E-state index is 12.8. The molecule has 1 atom stereocenters. The highest BCUT2D eigenvalue weighted by Gasteiger charge is 2.33. The van der Waals surface area contributed by atoms with Crippen LogP contribution in [-0.4, -0.2) is 70.3 Å². The summed E-state index contributed by atoms with van der Waals surface area (Å²) in [5, 5.41) is 4.36. The molecule has 0 N–H and O–H groups in total. The van der Waals surface area contributed by atoms with E-state index in [2.05, 4.69) is 5.10 Å². The first kappa shape index (κ1) is 20.0. The molecule has 8 nitrogen and oxygen atoms in total. The second kappa shape index (κ2) is 8.22. The van der Waals surface area contributed by atoms with E-state index in [0.717, 1.165) is 17.0 Å². The number of hydrogen-bond donors (Lipinski definition) is 0. The summed E-state index contributed by atoms with van der Waals surface area (Å²) in [7, 11) is 1.89. The fraction of sp³-hybridized carbons (Fsp3) is 0.409. The SMILES string of the molecule is Cc1nn(C)c(C)c1/C=C/C(=O)N1CCN(C(=O)C2COc3ccccc3O2)CC1. The topological polar surface area (TPSA) is 76.9 Å². The number of carbonyl (C=O) groups excluding carboxylic acids is 2. The molecule has 1 saturated heterocycles. The van der Waals surface area contributed by atoms with Crippen molar-refractivity contribution in [2.45, 2.75) is 20.0 Å². The Balaban J connectivity index is 1.32. The van der Waals surface area contributed by atoms with Crippen molar-refractivity contribution in [3.63, 3.8) is 0 Å². The normalized spacial score (nSPS) is 18.7. The lowest BCUT2D eigenvalue weighted by Crippen LogP contribution is -2.54. The Morgan fingerprint density at radius 2 is 1.73 bits per heavy atom. The van der Waals surface area contributed by atoms with Gasteiger partial charge in [-0.3, -0.25) is 14.3 Å². The molecule has 0 aliphatic carbocycles. The van der Waals surface area contributed by atoms with Crippen LogP contribution in [0.4, 0.5) is 0 Å². The lowest BCUT2D eigenvalue weighted by molar-refractivity contribution is -0.145. The quantitative estimate of drug-likeness (QED) is 0.718. The number of ether oxygens (including phenoxy) is 2. The van der Waals surface area contributed by atoms with E-state index in [4.69, 9.17) is 9.47 Å². The Bertz CT molecular complexity index is 989. The predicted molar refractivity (Wildman–Crippen MR) is 111 cm³/mol. The van der Waals surface area contributed by atoms with Gasteiger partial charge in [0, 0.05) is 50.6 Å². The molecule has 0 spiro atoms. The summed E-state index contributed by atoms with van der Waals surface area (Å²) in [5.74, 6) is 1.08. The van der Waals surface area contributed by atoms with Crippen molar-refractivity contribution in [2.75, 3.05) is 32.8 Å². The van der Waals surface area contributed by atoms with Gasteiger partial charge in [-0.25, -0.2) is 0 Å². The van der Waals surface area contributed by atoms with Crippen molar-refractivity contribution in [1.29, 1.82) is 0 Å². The molecule has 2 aromatic rings. The highest BCUT2D eigenvalue weighted by molar-refractivity contribution is 5.92. The van der Waals surface area contributed by atoms with Crippen molar-refractivity contribution in [3.8, 4) is 11.5 Å². The van der Waals surface area contributed by atoms with Crippen LogP contribution >= 0.6 is 0 Å². The summed E-state index contributed by atoms with van der Waals surface area (Å²) in [6, 6.07) is 7.33. The van der Waals surface area contributed by atoms with Crippen LogP contribution in [0.5, 0.6) is 11.5 Å². The molecule has 0 saturated carbocycles. The van der Waals surface area contributed by atoms with Crippen molar-refractivity contribution in [3.05, 3.63) is 47.3 Å². The van der Waals surface area contributed by atoms with Crippen LogP contribution in [0, 0.1) is 13.8 Å². The van der Waals surface area contributed by atoms with Crippen molar-refractivity contribution in [2.24, 2.45) is 7.05 Å². The summed E-state index contributed by atoms with van der Waals surface area (Å²) in [6.07, 6.45) is 2.75. The molecule has 1 aromatic heterocycles. The number of benzene rings is 1. The maximum Gasteiger partial charge on any atom is 0.267 e. The number of hydrogen-bond acceptors (Lipinski definition) is 5. The van der Waals surface area contributed by atoms with Gasteiger partial charge in [-0.05, 0) is 32.1 Å². The molecule has 2 amide bonds. The number of aryl methyl sites for hydroxylation is 2. The Labute approximate surface area is 175 Å². The van der Waals surface area contributed by atoms with Gasteiger partial charge in [0.05, 0.1) is 5.69 Å². The first-order valence-corrected chi connectivity index (χ1v) is 10.1. The number of carbonyl (C=O) groups is 2. The van der Waals surface area contributed by atoms with Crippen LogP contribution in [0.3, 0.4) is 0 Å². The van der Waals surface area contributed by atoms with Crippen LogP contribution in [0.25, 0.3) is 6.08 Å². The van der Waals surface area contributed by atoms with Gasteiger partial charge in [0.1, 0.15) is 6.61 Å². The molecule has 0 radical (unpaired) electrons. The molecule has 1 unspecified atom stereocenters. The Hall–Kier alpha value is -3.29. The molecule has 3 heterocycles. The van der Waals surface area contributed by atoms with E-state index < -0.39 is 6.10 Å². The molecule has 1 fully saturated rings. The van der Waals surface area contributed by atoms with Crippen LogP contribution in [0.1, 0.15) is 17.0 Å². The second-order valence-corrected chi connectivity index (χ2v) is 7.56. The highest BCUT2D eigenvalue weighted by Crippen LogP contribution is 2.31. The third kappa shape index (κ3) is 3.90. The van der Waals surface area contributed by atoms with Crippen LogP contribution in [0.2, 0.25) is 0 Å². The Morgan fingerprint density at radius 1 is 1.07 bits per heavy atom. The molecule has 1 aromatic carbocycles. The zero-order valence-corrected chi connectivity index (χ0v) is 17.5. The highest BCUT2D eigenvalue weighted by atomic mass is 16.6. The van der Waals surface area contributed by atoms with E-state index in [1.165, 1.54) is 0 Å². The van der Waals surface area contributed by atoms with Gasteiger partial charge >= 0.3 is 0 Å². The Kier molecular flexibility index (Phi) is 5.48. The van der Waals surface area contributed by atoms with Gasteiger partial charge < -0.3 is 19.3 Å². The van der Waals surface area contributed by atoms with E-state index in [1.807, 2.05) is 45.2 Å². The second-order valence-electron chi connectivity index (χ2n) is 7.56. The average Bonchev–Trinajstić information content (AvgIpc) is 3.02. The van der Waals surface area contributed by atoms with Gasteiger partial charge in [-0.2, -0.15) is 5.10 Å². The summed E-state index contributed by atoms with van der Waals surface area (Å²) in [6.45, 7) is 6.03. The van der Waals surface area contributed by atoms with Crippen LogP contribution in [0.15, 0.2) is 30.3 Å². The standard InChI is InChI=1S/C22H26N4O4/c1-15-17(16(2)24(3)23-15)8-9-21(27)25-10-12-26(13-11-25)22(28)20-14-29-18-6-4-5-7-19(18)30-20/h4-9,20H,10-14H2,1-3H3/b9-8+. The number of aromatic nitrogens is 2. The lowest BCUT2D eigenvalue weighted by Gasteiger charge is -2.36. The Morgan fingerprint density at radius 3 is 2.40 bits per heavy atom. The van der Waals surface area contributed by atoms with E-state index >= 15 is 0 Å². The average molecular weight is 410 g/mol. The number of amides is 2. The summed E-state index contributed by atoms with van der Waals surface area (Å²) in [4.78, 5) is 28.9. The summed E-state index contributed by atoms with van der Waals surface area (Å²) >= 11 is 0. The largest absolute Gasteiger partial charge is 0.485 e. The minimum Gasteiger partial charge on any atom is -0.485 e. The molecular formula is C22H26N4O4. The minimum absolute atomic E-state index is 0.0593. The zero-order valence-electron chi connectivity index (χ0n) is 17.5. The van der Waals surface area contributed by atoms with Crippen molar-refractivity contribution < 1.29 is 19.1 Å². The fourth-order valence-corrected chi connectivity index (χ4v) is 3.78. The summed E-state index contributed by atoms with van der Waals surface area (Å²) < 4.78 is 13.3. The molecule has 0 bridgehead atoms. The molecule has 2 aliphatic rings. The molecular weight excluding hydrogens is 384 g/mol. The van der Waals surface area contributed by atoms with Gasteiger partial charge in [0.2, 0.25) is 12.0 Å². The van der Waals surface area contributed by atoms with E-state index in [0.29, 0.717) is 37.7 Å². The smallest absolute Gasteiger partial charge is 0.267 e. The number of fused-ring (bicyclic) bond motifs is 1. The number of piperazine rings is 1. The zero-order chi connectivity index (χ0) is 21.3. The van der Waals surface area contributed by atoms with E-state index in [-0.39, 0.29) is 18.4 Å². The van der Waals surface area contributed by atoms with E-state index in [1.54, 1.807) is 26.6 Å². The van der Waals surface area contributed by atoms with Crippen molar-refractivity contribution in [1.82, 2.24) is 19.6 Å². The summed E-state index contributed by atoms with van der Waals surface area (Å²) in [5.41, 5.74) is 2.88. The first-order chi connectivity index (χ1) is 14.4. The third-order valence-electron chi connectivity index (χ3n) is 5.64. The molecule has 158 valence electrons. The third-order valence-corrected chi connectivity index (χ3v) is 5.64. The van der Waals surface area contributed by atoms with Gasteiger partial charge in [-0.15, -0.1) is 0 Å². The molecule has 4 rings (SSSR count). The molecule has 2 aliphatic heterocycles. The predicted octanol–water partition coefficient (Wildman–Crippen LogP) is 1.56. The van der Waals surface area contributed by atoms with Gasteiger partial charge in [0.15, 0.2) is 11.5 Å². The molecule has 30 heavy (non-hydrogen) atoms. The minimum atomic E-state index is -0.654. The number of para-hydroxylation sites is 2.